The van der Waals surface area contributed by atoms with Crippen LogP contribution in [-0.4, -0.2) is 54.2 Å². The summed E-state index contributed by atoms with van der Waals surface area (Å²) in [6, 6.07) is 5.58. The summed E-state index contributed by atoms with van der Waals surface area (Å²) in [5.41, 5.74) is 2.41. The van der Waals surface area contributed by atoms with E-state index in [9.17, 15) is 14.4 Å². The number of rotatable bonds is 10. The minimum absolute atomic E-state index is 0.0542. The monoisotopic (exact) mass is 595 g/mol. The minimum Gasteiger partial charge on any atom is -0.465 e. The van der Waals surface area contributed by atoms with E-state index in [0.29, 0.717) is 40.1 Å². The molecule has 1 aliphatic carbocycles. The Balaban J connectivity index is 1.41. The summed E-state index contributed by atoms with van der Waals surface area (Å²) in [5.74, 6) is -0.907. The second-order valence-electron chi connectivity index (χ2n) is 8.65. The zero-order valence-corrected chi connectivity index (χ0v) is 24.5. The standard InChI is InChI=1S/C26H30ClN3O5S3/c1-3-35-12-11-30-18-10-9-16(27)13-20(18)38-26(30)29-22(32)15-36-14-21(31)28-24-23(25(33)34-2)17-7-5-4-6-8-19(17)37-24/h9-10,13H,3-8,11-12,14-15H2,1-2H3,(H,28,31). The van der Waals surface area contributed by atoms with Gasteiger partial charge in [0.2, 0.25) is 5.91 Å². The van der Waals surface area contributed by atoms with E-state index < -0.39 is 5.97 Å². The molecule has 0 bridgehead atoms. The average Bonchev–Trinajstić information content (AvgIpc) is 3.29. The first kappa shape index (κ1) is 28.8. The first-order valence-corrected chi connectivity index (χ1v) is 15.6. The Kier molecular flexibility index (Phi) is 10.4. The molecule has 1 N–H and O–H groups in total. The Hall–Kier alpha value is -2.18. The van der Waals surface area contributed by atoms with Gasteiger partial charge in [0.05, 0.1) is 41.0 Å². The highest BCUT2D eigenvalue weighted by Crippen LogP contribution is 2.38. The number of hydrogen-bond donors (Lipinski definition) is 1. The van der Waals surface area contributed by atoms with Gasteiger partial charge >= 0.3 is 5.97 Å². The van der Waals surface area contributed by atoms with Crippen LogP contribution >= 0.6 is 46.0 Å². The van der Waals surface area contributed by atoms with E-state index in [0.717, 1.165) is 52.8 Å². The van der Waals surface area contributed by atoms with Crippen LogP contribution in [0.5, 0.6) is 0 Å². The van der Waals surface area contributed by atoms with Crippen LogP contribution < -0.4 is 10.1 Å². The van der Waals surface area contributed by atoms with Crippen LogP contribution in [0.2, 0.25) is 5.02 Å². The Morgan fingerprint density at radius 2 is 1.97 bits per heavy atom. The number of methoxy groups -OCH3 is 1. The second-order valence-corrected chi connectivity index (χ2v) is 12.2. The number of thioether (sulfide) groups is 1. The number of thiazole rings is 1. The van der Waals surface area contributed by atoms with Gasteiger partial charge in [0.1, 0.15) is 5.00 Å². The molecule has 0 fully saturated rings. The zero-order chi connectivity index (χ0) is 27.1. The number of esters is 1. The van der Waals surface area contributed by atoms with Gasteiger partial charge in [-0.15, -0.1) is 23.1 Å². The van der Waals surface area contributed by atoms with Gasteiger partial charge in [-0.05, 0) is 56.4 Å². The number of nitrogens with zero attached hydrogens (tertiary/aromatic N) is 2. The second kappa shape index (κ2) is 13.7. The van der Waals surface area contributed by atoms with Crippen molar-refractivity contribution < 1.29 is 23.9 Å². The molecular weight excluding hydrogens is 566 g/mol. The molecule has 0 atom stereocenters. The first-order valence-electron chi connectivity index (χ1n) is 12.5. The lowest BCUT2D eigenvalue weighted by atomic mass is 10.1. The van der Waals surface area contributed by atoms with E-state index in [2.05, 4.69) is 10.3 Å². The maximum Gasteiger partial charge on any atom is 0.341 e. The van der Waals surface area contributed by atoms with Crippen molar-refractivity contribution >= 4 is 79.0 Å². The first-order chi connectivity index (χ1) is 18.4. The largest absolute Gasteiger partial charge is 0.465 e. The molecule has 1 aromatic carbocycles. The SMILES string of the molecule is CCOCCn1c(=NC(=O)CSCC(=O)Nc2sc3c(c2C(=O)OC)CCCCC3)sc2cc(Cl)ccc21. The molecule has 0 radical (unpaired) electrons. The maximum absolute atomic E-state index is 12.7. The van der Waals surface area contributed by atoms with E-state index in [4.69, 9.17) is 21.1 Å². The quantitative estimate of drug-likeness (QED) is 0.194. The highest BCUT2D eigenvalue weighted by Gasteiger charge is 2.26. The molecule has 0 saturated carbocycles. The topological polar surface area (TPSA) is 99.0 Å². The van der Waals surface area contributed by atoms with Gasteiger partial charge in [-0.25, -0.2) is 4.79 Å². The van der Waals surface area contributed by atoms with Crippen LogP contribution in [0.25, 0.3) is 10.2 Å². The smallest absolute Gasteiger partial charge is 0.341 e. The lowest BCUT2D eigenvalue weighted by molar-refractivity contribution is -0.115. The molecule has 38 heavy (non-hydrogen) atoms. The predicted octanol–water partition coefficient (Wildman–Crippen LogP) is 5.31. The van der Waals surface area contributed by atoms with Crippen LogP contribution in [-0.2, 0) is 38.4 Å². The summed E-state index contributed by atoms with van der Waals surface area (Å²) in [7, 11) is 1.35. The summed E-state index contributed by atoms with van der Waals surface area (Å²) >= 11 is 10.2. The lowest BCUT2D eigenvalue weighted by Gasteiger charge is -2.07. The van der Waals surface area contributed by atoms with Gasteiger partial charge in [0.25, 0.3) is 5.91 Å². The van der Waals surface area contributed by atoms with Crippen molar-refractivity contribution in [2.75, 3.05) is 37.1 Å². The molecule has 2 heterocycles. The number of nitrogens with one attached hydrogen (secondary N) is 1. The Morgan fingerprint density at radius 3 is 2.76 bits per heavy atom. The normalized spacial score (nSPS) is 13.8. The summed E-state index contributed by atoms with van der Waals surface area (Å²) < 4.78 is 13.4. The lowest BCUT2D eigenvalue weighted by Crippen LogP contribution is -2.20. The number of thiophene rings is 1. The van der Waals surface area contributed by atoms with Crippen molar-refractivity contribution in [2.45, 2.75) is 45.6 Å². The maximum atomic E-state index is 12.7. The number of fused-ring (bicyclic) bond motifs is 2. The Morgan fingerprint density at radius 1 is 1.16 bits per heavy atom. The summed E-state index contributed by atoms with van der Waals surface area (Å²) in [6.07, 6.45) is 4.92. The molecule has 8 nitrogen and oxygen atoms in total. The average molecular weight is 596 g/mol. The fourth-order valence-electron chi connectivity index (χ4n) is 4.33. The van der Waals surface area contributed by atoms with Crippen molar-refractivity contribution in [3.8, 4) is 0 Å². The molecule has 1 aliphatic rings. The number of halogens is 1. The fourth-order valence-corrected chi connectivity index (χ4v) is 7.57. The molecule has 0 aliphatic heterocycles. The van der Waals surface area contributed by atoms with E-state index in [1.54, 1.807) is 0 Å². The number of benzene rings is 1. The number of amides is 2. The van der Waals surface area contributed by atoms with Gasteiger partial charge in [-0.3, -0.25) is 9.59 Å². The van der Waals surface area contributed by atoms with Gasteiger partial charge in [-0.1, -0.05) is 29.4 Å². The Labute approximate surface area is 238 Å². The van der Waals surface area contributed by atoms with Crippen molar-refractivity contribution in [3.63, 3.8) is 0 Å². The summed E-state index contributed by atoms with van der Waals surface area (Å²) in [6.45, 7) is 3.60. The van der Waals surface area contributed by atoms with Crippen molar-refractivity contribution in [3.05, 3.63) is 44.0 Å². The van der Waals surface area contributed by atoms with E-state index in [1.807, 2.05) is 29.7 Å². The summed E-state index contributed by atoms with van der Waals surface area (Å²) in [4.78, 5) is 43.9. The molecule has 204 valence electrons. The zero-order valence-electron chi connectivity index (χ0n) is 21.3. The van der Waals surface area contributed by atoms with Crippen LogP contribution in [0, 0.1) is 0 Å². The van der Waals surface area contributed by atoms with E-state index in [1.165, 1.54) is 41.5 Å². The van der Waals surface area contributed by atoms with Gasteiger partial charge < -0.3 is 19.4 Å². The van der Waals surface area contributed by atoms with E-state index in [-0.39, 0.29) is 23.3 Å². The third kappa shape index (κ3) is 7.06. The van der Waals surface area contributed by atoms with Gasteiger partial charge in [0.15, 0.2) is 4.80 Å². The van der Waals surface area contributed by atoms with Gasteiger partial charge in [-0.2, -0.15) is 4.99 Å². The molecule has 12 heteroatoms. The highest BCUT2D eigenvalue weighted by molar-refractivity contribution is 8.00. The molecule has 0 spiro atoms. The minimum atomic E-state index is -0.427. The fraction of sp³-hybridized carbons (Fsp3) is 0.462. The molecule has 0 saturated heterocycles. The van der Waals surface area contributed by atoms with Crippen LogP contribution in [0.4, 0.5) is 5.00 Å². The highest BCUT2D eigenvalue weighted by atomic mass is 35.5. The molecule has 4 rings (SSSR count). The molecule has 2 amide bonds. The predicted molar refractivity (Wildman–Crippen MR) is 155 cm³/mol. The van der Waals surface area contributed by atoms with Crippen LogP contribution in [0.3, 0.4) is 0 Å². The molecule has 3 aromatic rings. The Bertz CT molecular complexity index is 1390. The van der Waals surface area contributed by atoms with Crippen LogP contribution in [0.1, 0.15) is 47.0 Å². The number of carbonyl (C=O) groups is 3. The number of carbonyl (C=O) groups excluding carboxylic acids is 3. The number of hydrogen-bond acceptors (Lipinski definition) is 8. The molecular formula is C26H30ClN3O5S3. The molecule has 0 unspecified atom stereocenters. The van der Waals surface area contributed by atoms with Gasteiger partial charge in [0, 0.05) is 23.1 Å². The number of aromatic nitrogens is 1. The number of anilines is 1. The van der Waals surface area contributed by atoms with E-state index >= 15 is 0 Å². The number of ether oxygens (including phenoxy) is 2. The van der Waals surface area contributed by atoms with Crippen molar-refractivity contribution in [2.24, 2.45) is 4.99 Å². The van der Waals surface area contributed by atoms with Crippen molar-refractivity contribution in [1.82, 2.24) is 4.57 Å². The van der Waals surface area contributed by atoms with Crippen LogP contribution in [0.15, 0.2) is 23.2 Å². The summed E-state index contributed by atoms with van der Waals surface area (Å²) in [5, 5.41) is 4.03. The third-order valence-electron chi connectivity index (χ3n) is 6.05. The molecule has 2 aromatic heterocycles. The number of aryl methyl sites for hydroxylation is 1. The van der Waals surface area contributed by atoms with Crippen molar-refractivity contribution in [1.29, 1.82) is 0 Å². The third-order valence-corrected chi connectivity index (χ3v) is 9.45.